The quantitative estimate of drug-likeness (QED) is 0.879. The molecule has 2 N–H and O–H groups in total. The van der Waals surface area contributed by atoms with E-state index in [2.05, 4.69) is 5.32 Å². The Kier molecular flexibility index (Phi) is 4.79. The third kappa shape index (κ3) is 2.79. The SMILES string of the molecule is CCCNC(=O)c1c(O)c2ccccc2n(CCC#N)c1=O. The molecule has 114 valence electrons. The minimum atomic E-state index is -0.596. The minimum Gasteiger partial charge on any atom is -0.506 e. The van der Waals surface area contributed by atoms with Crippen LogP contribution in [-0.4, -0.2) is 22.1 Å². The predicted octanol–water partition coefficient (Wildman–Crippen LogP) is 1.76. The number of pyridine rings is 1. The number of fused-ring (bicyclic) bond motifs is 1. The van der Waals surface area contributed by atoms with E-state index in [1.807, 2.05) is 13.0 Å². The van der Waals surface area contributed by atoms with Gasteiger partial charge in [0.15, 0.2) is 0 Å². The molecule has 0 saturated heterocycles. The van der Waals surface area contributed by atoms with E-state index in [4.69, 9.17) is 5.26 Å². The van der Waals surface area contributed by atoms with Gasteiger partial charge >= 0.3 is 0 Å². The molecule has 0 unspecified atom stereocenters. The van der Waals surface area contributed by atoms with E-state index in [-0.39, 0.29) is 24.3 Å². The van der Waals surface area contributed by atoms with E-state index in [9.17, 15) is 14.7 Å². The van der Waals surface area contributed by atoms with E-state index in [0.29, 0.717) is 17.4 Å². The normalized spacial score (nSPS) is 10.4. The van der Waals surface area contributed by atoms with Gasteiger partial charge in [-0.2, -0.15) is 5.26 Å². The number of carbonyl (C=O) groups excluding carboxylic acids is 1. The zero-order valence-corrected chi connectivity index (χ0v) is 12.3. The van der Waals surface area contributed by atoms with Gasteiger partial charge in [0.25, 0.3) is 11.5 Å². The molecular formula is C16H17N3O3. The Hall–Kier alpha value is -2.81. The van der Waals surface area contributed by atoms with Crippen molar-refractivity contribution in [2.45, 2.75) is 26.3 Å². The maximum Gasteiger partial charge on any atom is 0.267 e. The molecule has 6 heteroatoms. The lowest BCUT2D eigenvalue weighted by Gasteiger charge is -2.13. The lowest BCUT2D eigenvalue weighted by Crippen LogP contribution is -2.33. The van der Waals surface area contributed by atoms with Crippen LogP contribution in [0.15, 0.2) is 29.1 Å². The number of nitriles is 1. The number of para-hydroxylation sites is 1. The standard InChI is InChI=1S/C16H17N3O3/c1-2-9-18-15(21)13-14(20)11-6-3-4-7-12(11)19(16(13)22)10-5-8-17/h3-4,6-7,20H,2,5,9-10H2,1H3,(H,18,21). The van der Waals surface area contributed by atoms with Crippen LogP contribution in [-0.2, 0) is 6.54 Å². The highest BCUT2D eigenvalue weighted by Crippen LogP contribution is 2.26. The molecule has 2 rings (SSSR count). The third-order valence-corrected chi connectivity index (χ3v) is 3.36. The van der Waals surface area contributed by atoms with Gasteiger partial charge in [-0.05, 0) is 18.6 Å². The van der Waals surface area contributed by atoms with Crippen molar-refractivity contribution in [2.24, 2.45) is 0 Å². The van der Waals surface area contributed by atoms with Crippen LogP contribution in [0.4, 0.5) is 0 Å². The molecule has 1 heterocycles. The number of rotatable bonds is 5. The lowest BCUT2D eigenvalue weighted by molar-refractivity contribution is 0.0949. The van der Waals surface area contributed by atoms with Crippen molar-refractivity contribution in [3.8, 4) is 11.8 Å². The predicted molar refractivity (Wildman–Crippen MR) is 82.7 cm³/mol. The molecule has 0 bridgehead atoms. The number of aromatic hydroxyl groups is 1. The highest BCUT2D eigenvalue weighted by molar-refractivity contribution is 6.02. The first kappa shape index (κ1) is 15.6. The average molecular weight is 299 g/mol. The fraction of sp³-hybridized carbons (Fsp3) is 0.312. The molecule has 6 nitrogen and oxygen atoms in total. The molecular weight excluding hydrogens is 282 g/mol. The highest BCUT2D eigenvalue weighted by atomic mass is 16.3. The van der Waals surface area contributed by atoms with Crippen molar-refractivity contribution >= 4 is 16.8 Å². The van der Waals surface area contributed by atoms with Crippen LogP contribution < -0.4 is 10.9 Å². The van der Waals surface area contributed by atoms with E-state index >= 15 is 0 Å². The summed E-state index contributed by atoms with van der Waals surface area (Å²) in [5, 5.41) is 22.1. The van der Waals surface area contributed by atoms with Gasteiger partial charge < -0.3 is 15.0 Å². The molecule has 0 spiro atoms. The Morgan fingerprint density at radius 1 is 1.41 bits per heavy atom. The van der Waals surface area contributed by atoms with Gasteiger partial charge in [-0.1, -0.05) is 19.1 Å². The van der Waals surface area contributed by atoms with Crippen LogP contribution in [0.5, 0.6) is 5.75 Å². The van der Waals surface area contributed by atoms with Crippen molar-refractivity contribution in [3.05, 3.63) is 40.2 Å². The molecule has 2 aromatic rings. The van der Waals surface area contributed by atoms with E-state index in [1.54, 1.807) is 24.3 Å². The van der Waals surface area contributed by atoms with Crippen LogP contribution in [0.1, 0.15) is 30.1 Å². The summed E-state index contributed by atoms with van der Waals surface area (Å²) < 4.78 is 1.36. The molecule has 0 aliphatic rings. The first-order chi connectivity index (χ1) is 10.6. The highest BCUT2D eigenvalue weighted by Gasteiger charge is 2.21. The van der Waals surface area contributed by atoms with Gasteiger partial charge in [0.2, 0.25) is 0 Å². The number of nitrogens with zero attached hydrogens (tertiary/aromatic N) is 2. The molecule has 1 amide bonds. The van der Waals surface area contributed by atoms with Gasteiger partial charge in [-0.3, -0.25) is 9.59 Å². The number of benzene rings is 1. The average Bonchev–Trinajstić information content (AvgIpc) is 2.53. The number of nitrogens with one attached hydrogen (secondary N) is 1. The lowest BCUT2D eigenvalue weighted by atomic mass is 10.1. The van der Waals surface area contributed by atoms with Crippen LogP contribution >= 0.6 is 0 Å². The van der Waals surface area contributed by atoms with Crippen molar-refractivity contribution in [2.75, 3.05) is 6.54 Å². The Labute approximate surface area is 127 Å². The topological polar surface area (TPSA) is 95.1 Å². The van der Waals surface area contributed by atoms with Crippen LogP contribution in [0.3, 0.4) is 0 Å². The van der Waals surface area contributed by atoms with Crippen LogP contribution in [0, 0.1) is 11.3 Å². The van der Waals surface area contributed by atoms with Gasteiger partial charge in [-0.15, -0.1) is 0 Å². The second-order valence-corrected chi connectivity index (χ2v) is 4.86. The number of carbonyl (C=O) groups is 1. The molecule has 0 radical (unpaired) electrons. The Balaban J connectivity index is 2.69. The van der Waals surface area contributed by atoms with Gasteiger partial charge in [0, 0.05) is 18.5 Å². The summed E-state index contributed by atoms with van der Waals surface area (Å²) in [7, 11) is 0. The van der Waals surface area contributed by atoms with Gasteiger partial charge in [0.05, 0.1) is 18.0 Å². The van der Waals surface area contributed by atoms with Crippen molar-refractivity contribution in [3.63, 3.8) is 0 Å². The fourth-order valence-corrected chi connectivity index (χ4v) is 2.30. The Morgan fingerprint density at radius 2 is 2.14 bits per heavy atom. The van der Waals surface area contributed by atoms with Crippen molar-refractivity contribution in [1.29, 1.82) is 5.26 Å². The van der Waals surface area contributed by atoms with Gasteiger partial charge in [-0.25, -0.2) is 0 Å². The fourth-order valence-electron chi connectivity index (χ4n) is 2.30. The largest absolute Gasteiger partial charge is 0.506 e. The summed E-state index contributed by atoms with van der Waals surface area (Å²) in [4.78, 5) is 24.7. The number of hydrogen-bond donors (Lipinski definition) is 2. The maximum atomic E-state index is 12.5. The third-order valence-electron chi connectivity index (χ3n) is 3.36. The summed E-state index contributed by atoms with van der Waals surface area (Å²) in [6, 6.07) is 8.76. The van der Waals surface area contributed by atoms with E-state index in [0.717, 1.165) is 6.42 Å². The monoisotopic (exact) mass is 299 g/mol. The summed E-state index contributed by atoms with van der Waals surface area (Å²) >= 11 is 0. The summed E-state index contributed by atoms with van der Waals surface area (Å²) in [5.74, 6) is -0.914. The number of hydrogen-bond acceptors (Lipinski definition) is 4. The molecule has 0 saturated carbocycles. The molecule has 0 aliphatic heterocycles. The maximum absolute atomic E-state index is 12.5. The molecule has 1 aromatic heterocycles. The molecule has 0 atom stereocenters. The first-order valence-corrected chi connectivity index (χ1v) is 7.11. The zero-order chi connectivity index (χ0) is 16.1. The smallest absolute Gasteiger partial charge is 0.267 e. The zero-order valence-electron chi connectivity index (χ0n) is 12.3. The second-order valence-electron chi connectivity index (χ2n) is 4.86. The molecule has 22 heavy (non-hydrogen) atoms. The molecule has 0 fully saturated rings. The Bertz CT molecular complexity index is 803. The summed E-state index contributed by atoms with van der Waals surface area (Å²) in [5.41, 5.74) is -0.350. The summed E-state index contributed by atoms with van der Waals surface area (Å²) in [6.45, 7) is 2.48. The Morgan fingerprint density at radius 3 is 2.82 bits per heavy atom. The van der Waals surface area contributed by atoms with Crippen molar-refractivity contribution in [1.82, 2.24) is 9.88 Å². The van der Waals surface area contributed by atoms with Crippen LogP contribution in [0.25, 0.3) is 10.9 Å². The summed E-state index contributed by atoms with van der Waals surface area (Å²) in [6.07, 6.45) is 0.868. The minimum absolute atomic E-state index is 0.144. The molecule has 1 aromatic carbocycles. The number of aryl methyl sites for hydroxylation is 1. The first-order valence-electron chi connectivity index (χ1n) is 7.11. The second kappa shape index (κ2) is 6.76. The van der Waals surface area contributed by atoms with E-state index < -0.39 is 11.5 Å². The van der Waals surface area contributed by atoms with Crippen molar-refractivity contribution < 1.29 is 9.90 Å². The molecule has 0 aliphatic carbocycles. The van der Waals surface area contributed by atoms with Crippen LogP contribution in [0.2, 0.25) is 0 Å². The number of amides is 1. The number of aromatic nitrogens is 1. The van der Waals surface area contributed by atoms with E-state index in [1.165, 1.54) is 4.57 Å². The van der Waals surface area contributed by atoms with Gasteiger partial charge in [0.1, 0.15) is 11.3 Å².